The highest BCUT2D eigenvalue weighted by molar-refractivity contribution is 6.32. The van der Waals surface area contributed by atoms with Crippen LogP contribution in [0.1, 0.15) is 51.4 Å². The van der Waals surface area contributed by atoms with Crippen molar-refractivity contribution in [2.45, 2.75) is 57.9 Å². The van der Waals surface area contributed by atoms with Crippen LogP contribution in [0.5, 0.6) is 0 Å². The first kappa shape index (κ1) is 14.9. The van der Waals surface area contributed by atoms with E-state index in [0.717, 1.165) is 25.4 Å². The summed E-state index contributed by atoms with van der Waals surface area (Å²) in [4.78, 5) is 12.4. The van der Waals surface area contributed by atoms with Gasteiger partial charge >= 0.3 is 0 Å². The molecule has 2 saturated carbocycles. The minimum atomic E-state index is -0.0738. The van der Waals surface area contributed by atoms with Gasteiger partial charge in [0, 0.05) is 13.1 Å². The van der Waals surface area contributed by atoms with Crippen LogP contribution >= 0.6 is 11.6 Å². The lowest BCUT2D eigenvalue weighted by Gasteiger charge is -2.12. The Bertz CT molecular complexity index is 533. The van der Waals surface area contributed by atoms with Crippen molar-refractivity contribution in [3.63, 3.8) is 0 Å². The predicted octanol–water partition coefficient (Wildman–Crippen LogP) is 3.69. The second-order valence-electron chi connectivity index (χ2n) is 6.52. The Morgan fingerprint density at radius 3 is 2.71 bits per heavy atom. The Balaban J connectivity index is 1.54. The summed E-state index contributed by atoms with van der Waals surface area (Å²) >= 11 is 6.12. The van der Waals surface area contributed by atoms with Gasteiger partial charge in [0.2, 0.25) is 0 Å². The molecule has 0 bridgehead atoms. The van der Waals surface area contributed by atoms with Crippen LogP contribution in [-0.2, 0) is 6.54 Å². The third kappa shape index (κ3) is 4.00. The van der Waals surface area contributed by atoms with Crippen molar-refractivity contribution in [3.8, 4) is 0 Å². The van der Waals surface area contributed by atoms with Gasteiger partial charge in [0.1, 0.15) is 5.69 Å². The maximum Gasteiger partial charge on any atom is 0.291 e. The molecule has 0 aliphatic heterocycles. The fourth-order valence-electron chi connectivity index (χ4n) is 3.21. The van der Waals surface area contributed by atoms with E-state index in [1.165, 1.54) is 44.9 Å². The molecule has 0 amide bonds. The van der Waals surface area contributed by atoms with E-state index in [0.29, 0.717) is 16.6 Å². The maximum absolute atomic E-state index is 12.4. The quantitative estimate of drug-likeness (QED) is 0.781. The third-order valence-electron chi connectivity index (χ3n) is 4.69. The summed E-state index contributed by atoms with van der Waals surface area (Å²) in [5.74, 6) is 1.53. The molecule has 0 spiro atoms. The molecule has 2 fully saturated rings. The molecule has 0 radical (unpaired) electrons. The standard InChI is InChI=1S/C16H24ClN3O/c17-14-10-19-20(11-13-7-8-13)16(21)15(14)18-9-3-6-12-4-1-2-5-12/h10,12-13,18H,1-9,11H2. The van der Waals surface area contributed by atoms with Gasteiger partial charge in [-0.2, -0.15) is 5.10 Å². The van der Waals surface area contributed by atoms with Gasteiger partial charge in [-0.15, -0.1) is 0 Å². The number of aromatic nitrogens is 2. The number of halogens is 1. The van der Waals surface area contributed by atoms with Crippen LogP contribution in [0, 0.1) is 11.8 Å². The van der Waals surface area contributed by atoms with Crippen LogP contribution in [0.4, 0.5) is 5.69 Å². The molecular formula is C16H24ClN3O. The Hall–Kier alpha value is -1.03. The molecule has 1 heterocycles. The third-order valence-corrected chi connectivity index (χ3v) is 4.98. The van der Waals surface area contributed by atoms with E-state index >= 15 is 0 Å². The van der Waals surface area contributed by atoms with Crippen molar-refractivity contribution in [2.75, 3.05) is 11.9 Å². The van der Waals surface area contributed by atoms with Crippen molar-refractivity contribution in [3.05, 3.63) is 21.6 Å². The zero-order valence-electron chi connectivity index (χ0n) is 12.5. The first-order valence-electron chi connectivity index (χ1n) is 8.23. The Labute approximate surface area is 130 Å². The van der Waals surface area contributed by atoms with Crippen LogP contribution in [0.2, 0.25) is 5.02 Å². The lowest BCUT2D eigenvalue weighted by atomic mass is 10.0. The number of nitrogens with one attached hydrogen (secondary N) is 1. The lowest BCUT2D eigenvalue weighted by molar-refractivity contribution is 0.491. The van der Waals surface area contributed by atoms with E-state index in [2.05, 4.69) is 10.4 Å². The van der Waals surface area contributed by atoms with Crippen LogP contribution in [0.25, 0.3) is 0 Å². The topological polar surface area (TPSA) is 46.9 Å². The minimum Gasteiger partial charge on any atom is -0.379 e. The van der Waals surface area contributed by atoms with Gasteiger partial charge < -0.3 is 5.32 Å². The van der Waals surface area contributed by atoms with Gasteiger partial charge in [-0.3, -0.25) is 4.79 Å². The minimum absolute atomic E-state index is 0.0738. The molecule has 116 valence electrons. The summed E-state index contributed by atoms with van der Waals surface area (Å²) in [5.41, 5.74) is 0.453. The van der Waals surface area contributed by atoms with Gasteiger partial charge in [-0.25, -0.2) is 4.68 Å². The van der Waals surface area contributed by atoms with E-state index in [1.807, 2.05) is 0 Å². The smallest absolute Gasteiger partial charge is 0.291 e. The molecule has 0 saturated heterocycles. The summed E-state index contributed by atoms with van der Waals surface area (Å²) in [7, 11) is 0. The first-order chi connectivity index (χ1) is 10.2. The van der Waals surface area contributed by atoms with Gasteiger partial charge in [0.05, 0.1) is 11.2 Å². The average Bonchev–Trinajstić information content (AvgIpc) is 3.14. The molecule has 2 aliphatic rings. The average molecular weight is 310 g/mol. The van der Waals surface area contributed by atoms with Gasteiger partial charge in [-0.1, -0.05) is 37.3 Å². The van der Waals surface area contributed by atoms with Crippen molar-refractivity contribution in [1.82, 2.24) is 9.78 Å². The molecule has 1 aromatic heterocycles. The summed E-state index contributed by atoms with van der Waals surface area (Å²) in [6.07, 6.45) is 11.9. The Morgan fingerprint density at radius 2 is 2.00 bits per heavy atom. The largest absolute Gasteiger partial charge is 0.379 e. The van der Waals surface area contributed by atoms with E-state index in [1.54, 1.807) is 10.9 Å². The summed E-state index contributed by atoms with van der Waals surface area (Å²) in [6, 6.07) is 0. The molecule has 0 unspecified atom stereocenters. The number of hydrogen-bond acceptors (Lipinski definition) is 3. The molecule has 5 heteroatoms. The molecule has 4 nitrogen and oxygen atoms in total. The normalized spacial score (nSPS) is 19.1. The molecule has 21 heavy (non-hydrogen) atoms. The Morgan fingerprint density at radius 1 is 1.24 bits per heavy atom. The summed E-state index contributed by atoms with van der Waals surface area (Å²) in [6.45, 7) is 1.55. The second kappa shape index (κ2) is 6.82. The van der Waals surface area contributed by atoms with Crippen molar-refractivity contribution in [2.24, 2.45) is 11.8 Å². The van der Waals surface area contributed by atoms with Gasteiger partial charge in [0.15, 0.2) is 0 Å². The highest BCUT2D eigenvalue weighted by Gasteiger charge is 2.23. The maximum atomic E-state index is 12.4. The SMILES string of the molecule is O=c1c(NCCCC2CCCC2)c(Cl)cnn1CC1CC1. The van der Waals surface area contributed by atoms with E-state index in [4.69, 9.17) is 11.6 Å². The van der Waals surface area contributed by atoms with E-state index in [9.17, 15) is 4.79 Å². The molecule has 3 rings (SSSR count). The second-order valence-corrected chi connectivity index (χ2v) is 6.92. The highest BCUT2D eigenvalue weighted by atomic mass is 35.5. The van der Waals surface area contributed by atoms with Crippen LogP contribution < -0.4 is 10.9 Å². The van der Waals surface area contributed by atoms with Crippen LogP contribution in [0.15, 0.2) is 11.0 Å². The number of nitrogens with zero attached hydrogens (tertiary/aromatic N) is 2. The molecular weight excluding hydrogens is 286 g/mol. The van der Waals surface area contributed by atoms with Gasteiger partial charge in [0.25, 0.3) is 5.56 Å². The summed E-state index contributed by atoms with van der Waals surface area (Å²) < 4.78 is 1.56. The lowest BCUT2D eigenvalue weighted by Crippen LogP contribution is -2.27. The molecule has 1 N–H and O–H groups in total. The summed E-state index contributed by atoms with van der Waals surface area (Å²) in [5, 5.41) is 7.81. The van der Waals surface area contributed by atoms with E-state index in [-0.39, 0.29) is 5.56 Å². The number of anilines is 1. The first-order valence-corrected chi connectivity index (χ1v) is 8.61. The number of hydrogen-bond donors (Lipinski definition) is 1. The van der Waals surface area contributed by atoms with Crippen molar-refractivity contribution < 1.29 is 0 Å². The zero-order valence-corrected chi connectivity index (χ0v) is 13.2. The molecule has 0 aromatic carbocycles. The predicted molar refractivity (Wildman–Crippen MR) is 85.9 cm³/mol. The Kier molecular flexibility index (Phi) is 4.84. The fourth-order valence-corrected chi connectivity index (χ4v) is 3.40. The molecule has 0 atom stereocenters. The zero-order chi connectivity index (χ0) is 14.7. The van der Waals surface area contributed by atoms with Crippen LogP contribution in [-0.4, -0.2) is 16.3 Å². The van der Waals surface area contributed by atoms with Crippen molar-refractivity contribution in [1.29, 1.82) is 0 Å². The van der Waals surface area contributed by atoms with E-state index < -0.39 is 0 Å². The fraction of sp³-hybridized carbons (Fsp3) is 0.750. The number of rotatable bonds is 7. The van der Waals surface area contributed by atoms with Crippen molar-refractivity contribution >= 4 is 17.3 Å². The van der Waals surface area contributed by atoms with Crippen LogP contribution in [0.3, 0.4) is 0 Å². The monoisotopic (exact) mass is 309 g/mol. The molecule has 2 aliphatic carbocycles. The van der Waals surface area contributed by atoms with Gasteiger partial charge in [-0.05, 0) is 37.5 Å². The highest BCUT2D eigenvalue weighted by Crippen LogP contribution is 2.30. The molecule has 1 aromatic rings.